The van der Waals surface area contributed by atoms with E-state index in [2.05, 4.69) is 15.6 Å². The molecule has 0 bridgehead atoms. The van der Waals surface area contributed by atoms with Crippen molar-refractivity contribution in [2.45, 2.75) is 20.0 Å². The Kier molecular flexibility index (Phi) is 6.51. The summed E-state index contributed by atoms with van der Waals surface area (Å²) in [5.74, 6) is 0.464. The number of amides is 2. The molecule has 0 aliphatic carbocycles. The fourth-order valence-electron chi connectivity index (χ4n) is 3.56. The second-order valence-electron chi connectivity index (χ2n) is 7.56. The van der Waals surface area contributed by atoms with Crippen LogP contribution in [-0.2, 0) is 17.8 Å². The number of ether oxygens (including phenoxy) is 1. The lowest BCUT2D eigenvalue weighted by Gasteiger charge is -2.08. The molecule has 0 spiro atoms. The van der Waals surface area contributed by atoms with E-state index in [9.17, 15) is 9.59 Å². The summed E-state index contributed by atoms with van der Waals surface area (Å²) < 4.78 is 5.90. The van der Waals surface area contributed by atoms with Crippen LogP contribution >= 0.6 is 0 Å². The number of aromatic nitrogens is 1. The number of carbonyl (C=O) groups excluding carboxylic acids is 2. The fourth-order valence-corrected chi connectivity index (χ4v) is 3.56. The lowest BCUT2D eigenvalue weighted by atomic mass is 10.1. The van der Waals surface area contributed by atoms with Gasteiger partial charge in [-0.05, 0) is 47.9 Å². The number of carbonyl (C=O) groups is 2. The Morgan fingerprint density at radius 2 is 1.81 bits per heavy atom. The molecule has 6 heteroatoms. The topological polar surface area (TPSA) is 83.2 Å². The van der Waals surface area contributed by atoms with Gasteiger partial charge >= 0.3 is 0 Å². The highest BCUT2D eigenvalue weighted by molar-refractivity contribution is 5.96. The second-order valence-corrected chi connectivity index (χ2v) is 7.56. The third-order valence-corrected chi connectivity index (χ3v) is 5.11. The molecule has 4 aromatic rings. The van der Waals surface area contributed by atoms with Crippen LogP contribution in [0.3, 0.4) is 0 Å². The van der Waals surface area contributed by atoms with E-state index in [4.69, 9.17) is 4.74 Å². The minimum Gasteiger partial charge on any atom is -0.489 e. The zero-order valence-corrected chi connectivity index (χ0v) is 17.9. The Balaban J connectivity index is 1.33. The Hall–Kier alpha value is -4.06. The number of rotatable bonds is 8. The minimum absolute atomic E-state index is 0.171. The molecule has 6 nitrogen and oxygen atoms in total. The van der Waals surface area contributed by atoms with E-state index in [-0.39, 0.29) is 11.8 Å². The van der Waals surface area contributed by atoms with E-state index in [1.807, 2.05) is 54.7 Å². The molecule has 4 rings (SSSR count). The molecule has 0 unspecified atom stereocenters. The molecule has 162 valence electrons. The molecule has 0 aliphatic heterocycles. The first kappa shape index (κ1) is 21.2. The molecule has 3 aromatic carbocycles. The van der Waals surface area contributed by atoms with Gasteiger partial charge < -0.3 is 20.4 Å². The van der Waals surface area contributed by atoms with Crippen molar-refractivity contribution in [2.75, 3.05) is 11.9 Å². The van der Waals surface area contributed by atoms with E-state index in [1.165, 1.54) is 6.92 Å². The van der Waals surface area contributed by atoms with Crippen LogP contribution in [0.4, 0.5) is 5.69 Å². The normalized spacial score (nSPS) is 10.7. The maximum Gasteiger partial charge on any atom is 0.251 e. The molecular formula is C26H25N3O3. The van der Waals surface area contributed by atoms with Crippen LogP contribution in [0.2, 0.25) is 0 Å². The molecule has 1 heterocycles. The molecule has 0 fully saturated rings. The van der Waals surface area contributed by atoms with Crippen LogP contribution in [0.25, 0.3) is 10.9 Å². The highest BCUT2D eigenvalue weighted by Gasteiger charge is 2.09. The van der Waals surface area contributed by atoms with Gasteiger partial charge in [-0.1, -0.05) is 36.4 Å². The second kappa shape index (κ2) is 9.83. The highest BCUT2D eigenvalue weighted by atomic mass is 16.5. The summed E-state index contributed by atoms with van der Waals surface area (Å²) in [7, 11) is 0. The van der Waals surface area contributed by atoms with Crippen molar-refractivity contribution in [3.8, 4) is 5.75 Å². The van der Waals surface area contributed by atoms with Crippen molar-refractivity contribution in [3.63, 3.8) is 0 Å². The summed E-state index contributed by atoms with van der Waals surface area (Å²) in [5.41, 5.74) is 4.36. The van der Waals surface area contributed by atoms with Gasteiger partial charge in [0, 0.05) is 47.9 Å². The zero-order chi connectivity index (χ0) is 22.3. The summed E-state index contributed by atoms with van der Waals surface area (Å²) in [6.45, 7) is 2.46. The number of hydrogen-bond acceptors (Lipinski definition) is 3. The van der Waals surface area contributed by atoms with Crippen molar-refractivity contribution in [1.82, 2.24) is 10.3 Å². The average molecular weight is 428 g/mol. The SMILES string of the molecule is CC(=O)Nc1cccc(C(=O)NCCc2c[nH]c3cc(OCc4ccccc4)ccc23)c1. The Labute approximate surface area is 186 Å². The summed E-state index contributed by atoms with van der Waals surface area (Å²) in [4.78, 5) is 27.0. The maximum atomic E-state index is 12.5. The number of nitrogens with one attached hydrogen (secondary N) is 3. The van der Waals surface area contributed by atoms with Gasteiger partial charge in [0.2, 0.25) is 5.91 Å². The van der Waals surface area contributed by atoms with Crippen LogP contribution in [0, 0.1) is 0 Å². The molecule has 3 N–H and O–H groups in total. The van der Waals surface area contributed by atoms with Gasteiger partial charge in [0.05, 0.1) is 0 Å². The van der Waals surface area contributed by atoms with Crippen molar-refractivity contribution >= 4 is 28.4 Å². The number of hydrogen-bond donors (Lipinski definition) is 3. The first-order chi connectivity index (χ1) is 15.6. The fraction of sp³-hybridized carbons (Fsp3) is 0.154. The quantitative estimate of drug-likeness (QED) is 0.382. The van der Waals surface area contributed by atoms with E-state index < -0.39 is 0 Å². The van der Waals surface area contributed by atoms with Gasteiger partial charge in [0.15, 0.2) is 0 Å². The summed E-state index contributed by atoms with van der Waals surface area (Å²) in [5, 5.41) is 6.74. The standard InChI is InChI=1S/C26H25N3O3/c1-18(30)29-22-9-5-8-20(14-22)26(31)27-13-12-21-16-28-25-15-23(10-11-24(21)25)32-17-19-6-3-2-4-7-19/h2-11,14-16,28H,12-13,17H2,1H3,(H,27,31)(H,29,30). The predicted molar refractivity (Wildman–Crippen MR) is 126 cm³/mol. The van der Waals surface area contributed by atoms with Crippen LogP contribution in [-0.4, -0.2) is 23.3 Å². The highest BCUT2D eigenvalue weighted by Crippen LogP contribution is 2.24. The lowest BCUT2D eigenvalue weighted by Crippen LogP contribution is -2.25. The molecular weight excluding hydrogens is 402 g/mol. The van der Waals surface area contributed by atoms with Crippen LogP contribution < -0.4 is 15.4 Å². The molecule has 2 amide bonds. The smallest absolute Gasteiger partial charge is 0.251 e. The molecule has 1 aromatic heterocycles. The maximum absolute atomic E-state index is 12.5. The minimum atomic E-state index is -0.173. The first-order valence-corrected chi connectivity index (χ1v) is 10.5. The van der Waals surface area contributed by atoms with E-state index in [0.717, 1.165) is 27.8 Å². The third kappa shape index (κ3) is 5.35. The molecule has 0 saturated heterocycles. The molecule has 32 heavy (non-hydrogen) atoms. The monoisotopic (exact) mass is 427 g/mol. The molecule has 0 atom stereocenters. The van der Waals surface area contributed by atoms with Gasteiger partial charge in [-0.15, -0.1) is 0 Å². The largest absolute Gasteiger partial charge is 0.489 e. The van der Waals surface area contributed by atoms with E-state index >= 15 is 0 Å². The van der Waals surface area contributed by atoms with E-state index in [0.29, 0.717) is 30.8 Å². The Morgan fingerprint density at radius 1 is 0.969 bits per heavy atom. The first-order valence-electron chi connectivity index (χ1n) is 10.5. The zero-order valence-electron chi connectivity index (χ0n) is 17.9. The van der Waals surface area contributed by atoms with Crippen LogP contribution in [0.5, 0.6) is 5.75 Å². The lowest BCUT2D eigenvalue weighted by molar-refractivity contribution is -0.114. The van der Waals surface area contributed by atoms with Gasteiger partial charge in [-0.3, -0.25) is 9.59 Å². The van der Waals surface area contributed by atoms with Crippen LogP contribution in [0.15, 0.2) is 79.0 Å². The Morgan fingerprint density at radius 3 is 2.62 bits per heavy atom. The van der Waals surface area contributed by atoms with Gasteiger partial charge in [0.25, 0.3) is 5.91 Å². The van der Waals surface area contributed by atoms with Crippen molar-refractivity contribution < 1.29 is 14.3 Å². The summed E-state index contributed by atoms with van der Waals surface area (Å²) >= 11 is 0. The van der Waals surface area contributed by atoms with Gasteiger partial charge in [0.1, 0.15) is 12.4 Å². The molecule has 0 saturated carbocycles. The Bertz CT molecular complexity index is 1230. The third-order valence-electron chi connectivity index (χ3n) is 5.11. The molecule has 0 aliphatic rings. The van der Waals surface area contributed by atoms with Crippen molar-refractivity contribution in [2.24, 2.45) is 0 Å². The number of aromatic amines is 1. The molecule has 0 radical (unpaired) electrons. The number of fused-ring (bicyclic) bond motifs is 1. The predicted octanol–water partition coefficient (Wildman–Crippen LogP) is 4.68. The van der Waals surface area contributed by atoms with E-state index in [1.54, 1.807) is 24.3 Å². The number of H-pyrrole nitrogens is 1. The number of benzene rings is 3. The van der Waals surface area contributed by atoms with Gasteiger partial charge in [-0.2, -0.15) is 0 Å². The van der Waals surface area contributed by atoms with Crippen molar-refractivity contribution in [1.29, 1.82) is 0 Å². The van der Waals surface area contributed by atoms with Gasteiger partial charge in [-0.25, -0.2) is 0 Å². The summed E-state index contributed by atoms with van der Waals surface area (Å²) in [6, 6.07) is 23.0. The summed E-state index contributed by atoms with van der Waals surface area (Å²) in [6.07, 6.45) is 2.66. The van der Waals surface area contributed by atoms with Crippen molar-refractivity contribution in [3.05, 3.63) is 95.7 Å². The number of anilines is 1. The average Bonchev–Trinajstić information content (AvgIpc) is 3.20. The van der Waals surface area contributed by atoms with Crippen LogP contribution in [0.1, 0.15) is 28.4 Å².